The van der Waals surface area contributed by atoms with Crippen LogP contribution in [-0.2, 0) is 6.54 Å². The zero-order valence-electron chi connectivity index (χ0n) is 10.6. The Labute approximate surface area is 108 Å². The Hall–Kier alpha value is -0.940. The number of benzene rings is 1. The number of β-amino-alcohol motifs (C(OH)–C–C–N with tert-alkyl or cyclic N) is 1. The van der Waals surface area contributed by atoms with Crippen LogP contribution in [0.4, 0.5) is 0 Å². The van der Waals surface area contributed by atoms with Crippen molar-refractivity contribution in [1.29, 1.82) is 0 Å². The molecular weight excluding hydrogens is 228 g/mol. The summed E-state index contributed by atoms with van der Waals surface area (Å²) in [5.41, 5.74) is 1.24. The quantitative estimate of drug-likeness (QED) is 0.715. The minimum atomic E-state index is -0.336. The van der Waals surface area contributed by atoms with Crippen molar-refractivity contribution in [3.8, 4) is 0 Å². The number of nitrogens with zero attached hydrogens (tertiary/aromatic N) is 1. The van der Waals surface area contributed by atoms with Crippen molar-refractivity contribution < 1.29 is 10.2 Å². The van der Waals surface area contributed by atoms with Gasteiger partial charge in [0.25, 0.3) is 0 Å². The van der Waals surface area contributed by atoms with Crippen LogP contribution < -0.4 is 5.32 Å². The van der Waals surface area contributed by atoms with Crippen LogP contribution in [-0.4, -0.2) is 53.5 Å². The normalized spacial score (nSPS) is 25.9. The number of nitrogens with one attached hydrogen (secondary N) is 1. The van der Waals surface area contributed by atoms with E-state index in [0.29, 0.717) is 13.1 Å². The molecule has 2 atom stereocenters. The highest BCUT2D eigenvalue weighted by Gasteiger charge is 2.24. The lowest BCUT2D eigenvalue weighted by Gasteiger charge is -2.30. The second-order valence-corrected chi connectivity index (χ2v) is 4.89. The van der Waals surface area contributed by atoms with Crippen LogP contribution in [0.2, 0.25) is 0 Å². The van der Waals surface area contributed by atoms with E-state index in [0.717, 1.165) is 19.5 Å². The van der Waals surface area contributed by atoms with Gasteiger partial charge in [0.05, 0.1) is 6.10 Å². The van der Waals surface area contributed by atoms with E-state index in [2.05, 4.69) is 22.3 Å². The molecule has 0 bridgehead atoms. The molecule has 0 radical (unpaired) electrons. The average Bonchev–Trinajstić information content (AvgIpc) is 2.54. The van der Waals surface area contributed by atoms with Gasteiger partial charge in [0, 0.05) is 38.8 Å². The van der Waals surface area contributed by atoms with Crippen LogP contribution in [0.5, 0.6) is 0 Å². The summed E-state index contributed by atoms with van der Waals surface area (Å²) in [6, 6.07) is 10.5. The highest BCUT2D eigenvalue weighted by molar-refractivity contribution is 5.14. The number of aliphatic hydroxyl groups is 2. The van der Waals surface area contributed by atoms with Crippen LogP contribution in [0.3, 0.4) is 0 Å². The first-order valence-corrected chi connectivity index (χ1v) is 6.57. The van der Waals surface area contributed by atoms with Gasteiger partial charge in [0.2, 0.25) is 0 Å². The summed E-state index contributed by atoms with van der Waals surface area (Å²) in [6.45, 7) is 3.13. The van der Waals surface area contributed by atoms with Crippen molar-refractivity contribution in [2.75, 3.05) is 26.2 Å². The van der Waals surface area contributed by atoms with Crippen molar-refractivity contribution in [3.63, 3.8) is 0 Å². The van der Waals surface area contributed by atoms with Crippen molar-refractivity contribution >= 4 is 0 Å². The van der Waals surface area contributed by atoms with Gasteiger partial charge in [-0.1, -0.05) is 30.3 Å². The maximum absolute atomic E-state index is 9.86. The summed E-state index contributed by atoms with van der Waals surface area (Å²) in [4.78, 5) is 2.26. The van der Waals surface area contributed by atoms with Gasteiger partial charge in [0.15, 0.2) is 0 Å². The summed E-state index contributed by atoms with van der Waals surface area (Å²) in [5, 5.41) is 22.2. The number of aliphatic hydroxyl groups excluding tert-OH is 2. The van der Waals surface area contributed by atoms with Gasteiger partial charge in [-0.25, -0.2) is 0 Å². The zero-order chi connectivity index (χ0) is 12.8. The Morgan fingerprint density at radius 1 is 1.22 bits per heavy atom. The monoisotopic (exact) mass is 250 g/mol. The zero-order valence-corrected chi connectivity index (χ0v) is 10.6. The average molecular weight is 250 g/mol. The molecule has 1 heterocycles. The molecule has 0 spiro atoms. The Kier molecular flexibility index (Phi) is 5.13. The Bertz CT molecular complexity index is 345. The second kappa shape index (κ2) is 6.85. The fraction of sp³-hybridized carbons (Fsp3) is 0.571. The molecule has 2 unspecified atom stereocenters. The van der Waals surface area contributed by atoms with E-state index in [-0.39, 0.29) is 18.8 Å². The van der Waals surface area contributed by atoms with Gasteiger partial charge >= 0.3 is 0 Å². The van der Waals surface area contributed by atoms with Gasteiger partial charge in [0.1, 0.15) is 0 Å². The SMILES string of the molecule is OCCC1CNCC(O)CN1Cc1ccccc1. The highest BCUT2D eigenvalue weighted by Crippen LogP contribution is 2.13. The molecule has 0 amide bonds. The van der Waals surface area contributed by atoms with E-state index in [1.807, 2.05) is 18.2 Å². The molecule has 1 fully saturated rings. The molecule has 2 rings (SSSR count). The molecule has 1 aliphatic heterocycles. The smallest absolute Gasteiger partial charge is 0.0791 e. The van der Waals surface area contributed by atoms with Crippen molar-refractivity contribution in [2.45, 2.75) is 25.1 Å². The predicted molar refractivity (Wildman–Crippen MR) is 71.2 cm³/mol. The fourth-order valence-corrected chi connectivity index (χ4v) is 2.48. The van der Waals surface area contributed by atoms with E-state index in [1.165, 1.54) is 5.56 Å². The molecular formula is C14H22N2O2. The van der Waals surface area contributed by atoms with Crippen LogP contribution in [0.15, 0.2) is 30.3 Å². The van der Waals surface area contributed by atoms with Gasteiger partial charge in [-0.2, -0.15) is 0 Å². The predicted octanol–water partition coefficient (Wildman–Crippen LogP) is 0.204. The topological polar surface area (TPSA) is 55.7 Å². The lowest BCUT2D eigenvalue weighted by molar-refractivity contribution is 0.0947. The van der Waals surface area contributed by atoms with Crippen molar-refractivity contribution in [3.05, 3.63) is 35.9 Å². The molecule has 1 saturated heterocycles. The third-order valence-corrected chi connectivity index (χ3v) is 3.41. The molecule has 1 aliphatic rings. The molecule has 18 heavy (non-hydrogen) atoms. The third kappa shape index (κ3) is 3.78. The van der Waals surface area contributed by atoms with Gasteiger partial charge in [-0.3, -0.25) is 4.90 Å². The number of hydrogen-bond acceptors (Lipinski definition) is 4. The standard InChI is InChI=1S/C14H22N2O2/c17-7-6-13-8-15-9-14(18)11-16(13)10-12-4-2-1-3-5-12/h1-5,13-15,17-18H,6-11H2. The molecule has 1 aromatic rings. The summed E-state index contributed by atoms with van der Waals surface area (Å²) >= 11 is 0. The maximum Gasteiger partial charge on any atom is 0.0791 e. The lowest BCUT2D eigenvalue weighted by Crippen LogP contribution is -2.41. The minimum Gasteiger partial charge on any atom is -0.396 e. The fourth-order valence-electron chi connectivity index (χ4n) is 2.48. The largest absolute Gasteiger partial charge is 0.396 e. The first-order valence-electron chi connectivity index (χ1n) is 6.57. The molecule has 0 aliphatic carbocycles. The van der Waals surface area contributed by atoms with Crippen molar-refractivity contribution in [2.24, 2.45) is 0 Å². The van der Waals surface area contributed by atoms with E-state index in [1.54, 1.807) is 0 Å². The van der Waals surface area contributed by atoms with Gasteiger partial charge < -0.3 is 15.5 Å². The molecule has 100 valence electrons. The van der Waals surface area contributed by atoms with Gasteiger partial charge in [-0.05, 0) is 12.0 Å². The molecule has 3 N–H and O–H groups in total. The molecule has 1 aromatic carbocycles. The third-order valence-electron chi connectivity index (χ3n) is 3.41. The summed E-state index contributed by atoms with van der Waals surface area (Å²) < 4.78 is 0. The summed E-state index contributed by atoms with van der Waals surface area (Å²) in [7, 11) is 0. The van der Waals surface area contributed by atoms with E-state index < -0.39 is 0 Å². The van der Waals surface area contributed by atoms with Crippen molar-refractivity contribution in [1.82, 2.24) is 10.2 Å². The minimum absolute atomic E-state index is 0.188. The van der Waals surface area contributed by atoms with E-state index in [9.17, 15) is 5.11 Å². The Balaban J connectivity index is 2.04. The molecule has 0 saturated carbocycles. The maximum atomic E-state index is 9.86. The van der Waals surface area contributed by atoms with Crippen LogP contribution in [0.25, 0.3) is 0 Å². The second-order valence-electron chi connectivity index (χ2n) is 4.89. The Morgan fingerprint density at radius 2 is 2.00 bits per heavy atom. The van der Waals surface area contributed by atoms with E-state index >= 15 is 0 Å². The first kappa shape index (κ1) is 13.5. The lowest BCUT2D eigenvalue weighted by atomic mass is 10.1. The highest BCUT2D eigenvalue weighted by atomic mass is 16.3. The van der Waals surface area contributed by atoms with Gasteiger partial charge in [-0.15, -0.1) is 0 Å². The summed E-state index contributed by atoms with van der Waals surface area (Å²) in [5.74, 6) is 0. The number of hydrogen-bond donors (Lipinski definition) is 3. The molecule has 0 aromatic heterocycles. The number of rotatable bonds is 4. The van der Waals surface area contributed by atoms with Crippen LogP contribution >= 0.6 is 0 Å². The summed E-state index contributed by atoms with van der Waals surface area (Å²) in [6.07, 6.45) is 0.407. The van der Waals surface area contributed by atoms with Crippen LogP contribution in [0, 0.1) is 0 Å². The molecule has 4 heteroatoms. The first-order chi connectivity index (χ1) is 8.79. The van der Waals surface area contributed by atoms with Crippen LogP contribution in [0.1, 0.15) is 12.0 Å². The van der Waals surface area contributed by atoms with E-state index in [4.69, 9.17) is 5.11 Å². The molecule has 4 nitrogen and oxygen atoms in total. The Morgan fingerprint density at radius 3 is 2.72 bits per heavy atom.